The fourth-order valence-corrected chi connectivity index (χ4v) is 5.24. The van der Waals surface area contributed by atoms with E-state index in [2.05, 4.69) is 9.44 Å². The molecule has 31 heavy (non-hydrogen) atoms. The second-order valence-corrected chi connectivity index (χ2v) is 10.8. The summed E-state index contributed by atoms with van der Waals surface area (Å²) in [7, 11) is -8.08. The zero-order chi connectivity index (χ0) is 23.0. The quantitative estimate of drug-likeness (QED) is 0.557. The van der Waals surface area contributed by atoms with Gasteiger partial charge in [0.2, 0.25) is 0 Å². The molecular formula is C22H23FN2O4S2. The minimum Gasteiger partial charge on any atom is -0.279 e. The Bertz CT molecular complexity index is 1370. The molecule has 0 fully saturated rings. The Morgan fingerprint density at radius 3 is 1.74 bits per heavy atom. The maximum Gasteiger partial charge on any atom is 0.262 e. The Kier molecular flexibility index (Phi) is 6.11. The summed E-state index contributed by atoms with van der Waals surface area (Å²) in [6.07, 6.45) is 0. The molecule has 164 valence electrons. The highest BCUT2D eigenvalue weighted by Gasteiger charge is 2.20. The number of aryl methyl sites for hydroxylation is 4. The first-order chi connectivity index (χ1) is 14.4. The largest absolute Gasteiger partial charge is 0.279 e. The molecule has 0 aliphatic heterocycles. The summed E-state index contributed by atoms with van der Waals surface area (Å²) in [5.41, 5.74) is 3.12. The molecule has 0 spiro atoms. The molecule has 0 amide bonds. The van der Waals surface area contributed by atoms with Crippen molar-refractivity contribution in [1.82, 2.24) is 0 Å². The average Bonchev–Trinajstić information content (AvgIpc) is 2.67. The van der Waals surface area contributed by atoms with Gasteiger partial charge in [0, 0.05) is 0 Å². The average molecular weight is 463 g/mol. The van der Waals surface area contributed by atoms with Crippen LogP contribution in [0.25, 0.3) is 0 Å². The summed E-state index contributed by atoms with van der Waals surface area (Å²) in [6, 6.07) is 13.0. The molecule has 0 bridgehead atoms. The van der Waals surface area contributed by atoms with Crippen LogP contribution in [0.15, 0.2) is 64.4 Å². The summed E-state index contributed by atoms with van der Waals surface area (Å²) in [4.78, 5) is -0.359. The van der Waals surface area contributed by atoms with Crippen LogP contribution in [-0.4, -0.2) is 16.8 Å². The normalized spacial score (nSPS) is 11.9. The molecule has 6 nitrogen and oxygen atoms in total. The zero-order valence-electron chi connectivity index (χ0n) is 17.5. The molecule has 2 N–H and O–H groups in total. The first-order valence-electron chi connectivity index (χ1n) is 9.39. The van der Waals surface area contributed by atoms with Gasteiger partial charge >= 0.3 is 0 Å². The molecular weight excluding hydrogens is 439 g/mol. The smallest absolute Gasteiger partial charge is 0.262 e. The van der Waals surface area contributed by atoms with Crippen LogP contribution >= 0.6 is 0 Å². The molecule has 0 aliphatic rings. The van der Waals surface area contributed by atoms with Gasteiger partial charge in [-0.2, -0.15) is 0 Å². The molecule has 0 atom stereocenters. The molecule has 0 saturated heterocycles. The predicted octanol–water partition coefficient (Wildman–Crippen LogP) is 4.66. The standard InChI is InChI=1S/C22H23FN2O4S2/c1-14-5-10-21(17(4)11-14)24-31(28,29)19-9-7-16(3)22(13-19)25-30(26,27)18-8-6-15(2)20(23)12-18/h5-13,24-25H,1-4H3. The van der Waals surface area contributed by atoms with E-state index in [9.17, 15) is 21.2 Å². The Hall–Kier alpha value is -2.91. The minimum atomic E-state index is -4.11. The van der Waals surface area contributed by atoms with Crippen molar-refractivity contribution in [3.05, 3.63) is 82.7 Å². The first kappa shape index (κ1) is 22.8. The van der Waals surface area contributed by atoms with Crippen molar-refractivity contribution in [3.8, 4) is 0 Å². The number of hydrogen-bond donors (Lipinski definition) is 2. The summed E-state index contributed by atoms with van der Waals surface area (Å²) in [5, 5.41) is 0. The van der Waals surface area contributed by atoms with E-state index in [1.807, 2.05) is 13.0 Å². The minimum absolute atomic E-state index is 0.0875. The van der Waals surface area contributed by atoms with Gasteiger partial charge in [0.15, 0.2) is 0 Å². The Balaban J connectivity index is 1.94. The zero-order valence-corrected chi connectivity index (χ0v) is 19.2. The third kappa shape index (κ3) is 5.05. The third-order valence-corrected chi connectivity index (χ3v) is 7.57. The van der Waals surface area contributed by atoms with Crippen LogP contribution in [0.3, 0.4) is 0 Å². The van der Waals surface area contributed by atoms with E-state index < -0.39 is 25.9 Å². The molecule has 0 aromatic heterocycles. The maximum atomic E-state index is 13.8. The Labute approximate surface area is 182 Å². The number of rotatable bonds is 6. The lowest BCUT2D eigenvalue weighted by Gasteiger charge is -2.15. The number of sulfonamides is 2. The molecule has 0 heterocycles. The lowest BCUT2D eigenvalue weighted by atomic mass is 10.1. The first-order valence-corrected chi connectivity index (χ1v) is 12.4. The SMILES string of the molecule is Cc1ccc(NS(=O)(=O)c2ccc(C)c(NS(=O)(=O)c3ccc(C)c(F)c3)c2)c(C)c1. The summed E-state index contributed by atoms with van der Waals surface area (Å²) in [5.74, 6) is -0.645. The molecule has 3 aromatic carbocycles. The monoisotopic (exact) mass is 462 g/mol. The number of benzene rings is 3. The third-order valence-electron chi connectivity index (χ3n) is 4.84. The second kappa shape index (κ2) is 8.32. The Morgan fingerprint density at radius 2 is 1.16 bits per heavy atom. The van der Waals surface area contributed by atoms with Crippen molar-refractivity contribution in [2.24, 2.45) is 0 Å². The molecule has 3 rings (SSSR count). The molecule has 3 aromatic rings. The van der Waals surface area contributed by atoms with Gasteiger partial charge in [0.1, 0.15) is 5.82 Å². The van der Waals surface area contributed by atoms with Crippen LogP contribution in [-0.2, 0) is 20.0 Å². The number of hydrogen-bond acceptors (Lipinski definition) is 4. The van der Waals surface area contributed by atoms with E-state index in [1.54, 1.807) is 26.0 Å². The van der Waals surface area contributed by atoms with Crippen LogP contribution in [0.4, 0.5) is 15.8 Å². The van der Waals surface area contributed by atoms with Crippen molar-refractivity contribution in [1.29, 1.82) is 0 Å². The topological polar surface area (TPSA) is 92.3 Å². The molecule has 9 heteroatoms. The lowest BCUT2D eigenvalue weighted by molar-refractivity contribution is 0.592. The van der Waals surface area contributed by atoms with Gasteiger partial charge in [-0.15, -0.1) is 0 Å². The van der Waals surface area contributed by atoms with Crippen LogP contribution < -0.4 is 9.44 Å². The number of halogens is 1. The van der Waals surface area contributed by atoms with Crippen LogP contribution in [0.5, 0.6) is 0 Å². The van der Waals surface area contributed by atoms with Gasteiger partial charge in [-0.25, -0.2) is 21.2 Å². The van der Waals surface area contributed by atoms with Crippen molar-refractivity contribution in [2.45, 2.75) is 37.5 Å². The highest BCUT2D eigenvalue weighted by molar-refractivity contribution is 7.93. The van der Waals surface area contributed by atoms with Gasteiger partial charge in [-0.05, 0) is 74.7 Å². The van der Waals surface area contributed by atoms with Gasteiger partial charge in [-0.1, -0.05) is 29.8 Å². The number of anilines is 2. The fourth-order valence-electron chi connectivity index (χ4n) is 2.95. The predicted molar refractivity (Wildman–Crippen MR) is 120 cm³/mol. The summed E-state index contributed by atoms with van der Waals surface area (Å²) >= 11 is 0. The van der Waals surface area contributed by atoms with Gasteiger partial charge in [0.05, 0.1) is 21.2 Å². The van der Waals surface area contributed by atoms with Crippen molar-refractivity contribution >= 4 is 31.4 Å². The Morgan fingerprint density at radius 1 is 0.613 bits per heavy atom. The summed E-state index contributed by atoms with van der Waals surface area (Å²) in [6.45, 7) is 6.87. The van der Waals surface area contributed by atoms with Gasteiger partial charge in [-0.3, -0.25) is 9.44 Å². The lowest BCUT2D eigenvalue weighted by Crippen LogP contribution is -2.17. The maximum absolute atomic E-state index is 13.8. The van der Waals surface area contributed by atoms with Gasteiger partial charge in [0.25, 0.3) is 20.0 Å². The van der Waals surface area contributed by atoms with Crippen LogP contribution in [0.1, 0.15) is 22.3 Å². The van der Waals surface area contributed by atoms with Crippen molar-refractivity contribution in [2.75, 3.05) is 9.44 Å². The van der Waals surface area contributed by atoms with E-state index in [-0.39, 0.29) is 15.5 Å². The fraction of sp³-hybridized carbons (Fsp3) is 0.182. The van der Waals surface area contributed by atoms with Gasteiger partial charge < -0.3 is 0 Å². The molecule has 0 unspecified atom stereocenters. The highest BCUT2D eigenvalue weighted by atomic mass is 32.2. The summed E-state index contributed by atoms with van der Waals surface area (Å²) < 4.78 is 69.9. The molecule has 0 saturated carbocycles. The molecule has 0 radical (unpaired) electrons. The van der Waals surface area contributed by atoms with Crippen molar-refractivity contribution in [3.63, 3.8) is 0 Å². The van der Waals surface area contributed by atoms with Crippen molar-refractivity contribution < 1.29 is 21.2 Å². The van der Waals surface area contributed by atoms with E-state index in [4.69, 9.17) is 0 Å². The molecule has 0 aliphatic carbocycles. The van der Waals surface area contributed by atoms with Crippen LogP contribution in [0.2, 0.25) is 0 Å². The highest BCUT2D eigenvalue weighted by Crippen LogP contribution is 2.26. The number of nitrogens with one attached hydrogen (secondary N) is 2. The van der Waals surface area contributed by atoms with E-state index in [1.165, 1.54) is 37.3 Å². The van der Waals surface area contributed by atoms with E-state index in [0.717, 1.165) is 17.2 Å². The van der Waals surface area contributed by atoms with E-state index >= 15 is 0 Å². The second-order valence-electron chi connectivity index (χ2n) is 7.42. The van der Waals surface area contributed by atoms with E-state index in [0.29, 0.717) is 16.8 Å². The van der Waals surface area contributed by atoms with Crippen LogP contribution in [0, 0.1) is 33.5 Å².